The van der Waals surface area contributed by atoms with Crippen molar-refractivity contribution in [2.24, 2.45) is 10.9 Å². The second-order valence-electron chi connectivity index (χ2n) is 5.51. The summed E-state index contributed by atoms with van der Waals surface area (Å²) < 4.78 is 0. The standard InChI is InChI=1S/C14H32N4/c1-8-15-14(17-13(6)11(2)3)16-9-10-18(7)12(4)5/h11-13H,8-10H2,1-7H3,(H2,15,16,17). The van der Waals surface area contributed by atoms with Crippen LogP contribution in [0.2, 0.25) is 0 Å². The Morgan fingerprint density at radius 1 is 1.17 bits per heavy atom. The van der Waals surface area contributed by atoms with Crippen molar-refractivity contribution in [2.45, 2.75) is 53.6 Å². The van der Waals surface area contributed by atoms with Crippen LogP contribution >= 0.6 is 0 Å². The maximum atomic E-state index is 4.61. The van der Waals surface area contributed by atoms with Gasteiger partial charge in [0.1, 0.15) is 0 Å². The van der Waals surface area contributed by atoms with Gasteiger partial charge in [-0.1, -0.05) is 13.8 Å². The second-order valence-corrected chi connectivity index (χ2v) is 5.51. The lowest BCUT2D eigenvalue weighted by molar-refractivity contribution is 0.282. The van der Waals surface area contributed by atoms with Crippen molar-refractivity contribution in [1.29, 1.82) is 0 Å². The molecule has 0 bridgehead atoms. The SMILES string of the molecule is CCNC(=NCCN(C)C(C)C)NC(C)C(C)C. The summed E-state index contributed by atoms with van der Waals surface area (Å²) in [5, 5.41) is 6.73. The minimum atomic E-state index is 0.436. The average molecular weight is 256 g/mol. The Balaban J connectivity index is 4.23. The van der Waals surface area contributed by atoms with Gasteiger partial charge in [-0.15, -0.1) is 0 Å². The smallest absolute Gasteiger partial charge is 0.191 e. The molecule has 1 atom stereocenters. The number of nitrogens with zero attached hydrogens (tertiary/aromatic N) is 2. The molecule has 0 fully saturated rings. The molecule has 4 heteroatoms. The molecule has 1 unspecified atom stereocenters. The first-order chi connectivity index (χ1) is 8.38. The van der Waals surface area contributed by atoms with Crippen molar-refractivity contribution < 1.29 is 0 Å². The van der Waals surface area contributed by atoms with Gasteiger partial charge in [0.05, 0.1) is 6.54 Å². The van der Waals surface area contributed by atoms with Crippen LogP contribution in [0.25, 0.3) is 0 Å². The Kier molecular flexibility index (Phi) is 8.81. The summed E-state index contributed by atoms with van der Waals surface area (Å²) >= 11 is 0. The van der Waals surface area contributed by atoms with Crippen LogP contribution in [0.15, 0.2) is 4.99 Å². The summed E-state index contributed by atoms with van der Waals surface area (Å²) in [6.07, 6.45) is 0. The number of rotatable bonds is 7. The third kappa shape index (κ3) is 7.54. The van der Waals surface area contributed by atoms with Crippen LogP contribution in [0.1, 0.15) is 41.5 Å². The third-order valence-corrected chi connectivity index (χ3v) is 3.31. The lowest BCUT2D eigenvalue weighted by Crippen LogP contribution is -2.44. The molecule has 0 aliphatic heterocycles. The molecule has 0 spiro atoms. The molecule has 0 radical (unpaired) electrons. The Labute approximate surface area is 113 Å². The summed E-state index contributed by atoms with van der Waals surface area (Å²) in [5.41, 5.74) is 0. The number of aliphatic imine (C=N–C) groups is 1. The molecule has 0 aromatic heterocycles. The Hall–Kier alpha value is -0.770. The van der Waals surface area contributed by atoms with E-state index in [1.807, 2.05) is 0 Å². The third-order valence-electron chi connectivity index (χ3n) is 3.31. The molecule has 0 saturated carbocycles. The molecule has 108 valence electrons. The predicted molar refractivity (Wildman–Crippen MR) is 81.2 cm³/mol. The van der Waals surface area contributed by atoms with Gasteiger partial charge in [0.15, 0.2) is 5.96 Å². The van der Waals surface area contributed by atoms with Crippen molar-refractivity contribution in [3.8, 4) is 0 Å². The minimum absolute atomic E-state index is 0.436. The molecule has 0 aromatic rings. The molecule has 0 aliphatic rings. The van der Waals surface area contributed by atoms with Gasteiger partial charge < -0.3 is 15.5 Å². The highest BCUT2D eigenvalue weighted by molar-refractivity contribution is 5.80. The Bertz CT molecular complexity index is 236. The van der Waals surface area contributed by atoms with Gasteiger partial charge in [-0.25, -0.2) is 0 Å². The predicted octanol–water partition coefficient (Wildman–Crippen LogP) is 1.93. The molecule has 0 heterocycles. The lowest BCUT2D eigenvalue weighted by Gasteiger charge is -2.22. The molecule has 0 amide bonds. The van der Waals surface area contributed by atoms with Crippen LogP contribution in [-0.4, -0.2) is 49.6 Å². The number of likely N-dealkylation sites (N-methyl/N-ethyl adjacent to an activating group) is 1. The van der Waals surface area contributed by atoms with Crippen LogP contribution in [0.3, 0.4) is 0 Å². The van der Waals surface area contributed by atoms with Crippen LogP contribution in [0.5, 0.6) is 0 Å². The monoisotopic (exact) mass is 256 g/mol. The molecule has 0 aliphatic carbocycles. The van der Waals surface area contributed by atoms with E-state index in [2.05, 4.69) is 69.1 Å². The molecule has 2 N–H and O–H groups in total. The van der Waals surface area contributed by atoms with Gasteiger partial charge in [-0.3, -0.25) is 4.99 Å². The summed E-state index contributed by atoms with van der Waals surface area (Å²) in [7, 11) is 2.14. The lowest BCUT2D eigenvalue weighted by atomic mass is 10.1. The first-order valence-electron chi connectivity index (χ1n) is 7.13. The molecule has 0 saturated heterocycles. The van der Waals surface area contributed by atoms with Gasteiger partial charge in [0.25, 0.3) is 0 Å². The van der Waals surface area contributed by atoms with Gasteiger partial charge in [0, 0.05) is 25.2 Å². The topological polar surface area (TPSA) is 39.7 Å². The average Bonchev–Trinajstić information content (AvgIpc) is 2.28. The van der Waals surface area contributed by atoms with Crippen LogP contribution in [0.4, 0.5) is 0 Å². The normalized spacial score (nSPS) is 14.4. The molecule has 18 heavy (non-hydrogen) atoms. The van der Waals surface area contributed by atoms with Crippen molar-refractivity contribution in [1.82, 2.24) is 15.5 Å². The molecule has 0 rings (SSSR count). The quantitative estimate of drug-likeness (QED) is 0.540. The number of nitrogens with one attached hydrogen (secondary N) is 2. The second kappa shape index (κ2) is 9.20. The van der Waals surface area contributed by atoms with E-state index >= 15 is 0 Å². The summed E-state index contributed by atoms with van der Waals surface area (Å²) in [6.45, 7) is 15.8. The van der Waals surface area contributed by atoms with E-state index in [-0.39, 0.29) is 0 Å². The van der Waals surface area contributed by atoms with E-state index in [1.54, 1.807) is 0 Å². The maximum absolute atomic E-state index is 4.61. The fourth-order valence-corrected chi connectivity index (χ4v) is 1.28. The highest BCUT2D eigenvalue weighted by atomic mass is 15.2. The largest absolute Gasteiger partial charge is 0.357 e. The summed E-state index contributed by atoms with van der Waals surface area (Å²) in [5.74, 6) is 1.53. The van der Waals surface area contributed by atoms with E-state index in [0.717, 1.165) is 25.6 Å². The first kappa shape index (κ1) is 17.2. The molecule has 4 nitrogen and oxygen atoms in total. The van der Waals surface area contributed by atoms with Crippen molar-refractivity contribution >= 4 is 5.96 Å². The van der Waals surface area contributed by atoms with E-state index < -0.39 is 0 Å². The van der Waals surface area contributed by atoms with E-state index in [1.165, 1.54) is 0 Å². The molecular formula is C14H32N4. The van der Waals surface area contributed by atoms with Crippen LogP contribution < -0.4 is 10.6 Å². The van der Waals surface area contributed by atoms with Gasteiger partial charge in [-0.05, 0) is 40.7 Å². The zero-order valence-corrected chi connectivity index (χ0v) is 13.2. The van der Waals surface area contributed by atoms with Crippen LogP contribution in [0, 0.1) is 5.92 Å². The highest BCUT2D eigenvalue weighted by Crippen LogP contribution is 1.99. The molecular weight excluding hydrogens is 224 g/mol. The zero-order chi connectivity index (χ0) is 14.1. The van der Waals surface area contributed by atoms with E-state index in [4.69, 9.17) is 0 Å². The zero-order valence-electron chi connectivity index (χ0n) is 13.2. The number of guanidine groups is 1. The Morgan fingerprint density at radius 2 is 1.78 bits per heavy atom. The van der Waals surface area contributed by atoms with Gasteiger partial charge in [0.2, 0.25) is 0 Å². The summed E-state index contributed by atoms with van der Waals surface area (Å²) in [6, 6.07) is 1.01. The van der Waals surface area contributed by atoms with Gasteiger partial charge in [-0.2, -0.15) is 0 Å². The fraction of sp³-hybridized carbons (Fsp3) is 0.929. The minimum Gasteiger partial charge on any atom is -0.357 e. The maximum Gasteiger partial charge on any atom is 0.191 e. The van der Waals surface area contributed by atoms with E-state index in [9.17, 15) is 0 Å². The van der Waals surface area contributed by atoms with E-state index in [0.29, 0.717) is 18.0 Å². The number of hydrogen-bond donors (Lipinski definition) is 2. The Morgan fingerprint density at radius 3 is 2.22 bits per heavy atom. The molecule has 0 aromatic carbocycles. The highest BCUT2D eigenvalue weighted by Gasteiger charge is 2.08. The van der Waals surface area contributed by atoms with Crippen molar-refractivity contribution in [2.75, 3.05) is 26.7 Å². The van der Waals surface area contributed by atoms with Crippen LogP contribution in [-0.2, 0) is 0 Å². The fourth-order valence-electron chi connectivity index (χ4n) is 1.28. The summed E-state index contributed by atoms with van der Waals surface area (Å²) in [4.78, 5) is 6.92. The first-order valence-corrected chi connectivity index (χ1v) is 7.13. The number of hydrogen-bond acceptors (Lipinski definition) is 2. The van der Waals surface area contributed by atoms with Gasteiger partial charge >= 0.3 is 0 Å². The van der Waals surface area contributed by atoms with Crippen molar-refractivity contribution in [3.05, 3.63) is 0 Å². The van der Waals surface area contributed by atoms with Crippen molar-refractivity contribution in [3.63, 3.8) is 0 Å².